The van der Waals surface area contributed by atoms with E-state index in [0.29, 0.717) is 5.82 Å². The van der Waals surface area contributed by atoms with Crippen molar-refractivity contribution in [3.05, 3.63) is 231 Å². The van der Waals surface area contributed by atoms with Gasteiger partial charge in [0.1, 0.15) is 0 Å². The lowest BCUT2D eigenvalue weighted by atomic mass is 9.95. The van der Waals surface area contributed by atoms with Crippen LogP contribution in [0.4, 0.5) is 0 Å². The van der Waals surface area contributed by atoms with Gasteiger partial charge in [-0.15, -0.1) is 0 Å². The average molecular weight is 803 g/mol. The minimum absolute atomic E-state index is 0.696. The van der Waals surface area contributed by atoms with Crippen molar-refractivity contribution < 1.29 is 0 Å². The van der Waals surface area contributed by atoms with Crippen LogP contribution in [0.15, 0.2) is 231 Å². The standard InChI is InChI=1S/C59H38N4/c1-5-16-39(17-6-1)40-28-32-42(33-29-40)52-38-53(62-59(61-52)45-20-9-3-10-21-45)43-34-30-41(31-35-43)47-25-15-26-50-56-54(63(58(47)50)46-22-11-4-12-23-46)37-36-49-55(56)48-24-13-14-27-51(48)60-57(49)44-18-7-2-8-19-44/h1-38H. The van der Waals surface area contributed by atoms with Gasteiger partial charge in [-0.1, -0.05) is 200 Å². The van der Waals surface area contributed by atoms with E-state index in [0.717, 1.165) is 83.5 Å². The van der Waals surface area contributed by atoms with Crippen molar-refractivity contribution in [2.24, 2.45) is 0 Å². The summed E-state index contributed by atoms with van der Waals surface area (Å²) in [5.74, 6) is 0.696. The third-order valence-corrected chi connectivity index (χ3v) is 12.2. The Morgan fingerprint density at radius 2 is 0.841 bits per heavy atom. The number of nitrogens with zero attached hydrogens (tertiary/aromatic N) is 4. The van der Waals surface area contributed by atoms with Crippen molar-refractivity contribution >= 4 is 43.5 Å². The third-order valence-electron chi connectivity index (χ3n) is 12.2. The van der Waals surface area contributed by atoms with E-state index in [-0.39, 0.29) is 0 Å². The van der Waals surface area contributed by atoms with E-state index in [9.17, 15) is 0 Å². The SMILES string of the molecule is c1ccc(-c2ccc(-c3cc(-c4ccc(-c5cccc6c7c8c(ccc7n(-c7ccccc7)c56)c(-c5ccccc5)nc5ccccc58)cc4)nc(-c4ccccc4)n3)cc2)cc1. The smallest absolute Gasteiger partial charge is 0.160 e. The summed E-state index contributed by atoms with van der Waals surface area (Å²) in [6.45, 7) is 0. The Kier molecular flexibility index (Phi) is 8.79. The van der Waals surface area contributed by atoms with Crippen LogP contribution in [0, 0.1) is 0 Å². The quantitative estimate of drug-likeness (QED) is 0.151. The lowest BCUT2D eigenvalue weighted by Crippen LogP contribution is -1.96. The monoisotopic (exact) mass is 802 g/mol. The predicted molar refractivity (Wildman–Crippen MR) is 262 cm³/mol. The molecule has 0 bridgehead atoms. The molecular formula is C59H38N4. The van der Waals surface area contributed by atoms with Crippen molar-refractivity contribution in [3.8, 4) is 73.1 Å². The number of aromatic nitrogens is 4. The Labute approximate surface area is 365 Å². The summed E-state index contributed by atoms with van der Waals surface area (Å²) in [5, 5.41) is 5.92. The molecule has 9 aromatic carbocycles. The van der Waals surface area contributed by atoms with Crippen LogP contribution < -0.4 is 0 Å². The molecule has 0 saturated carbocycles. The molecule has 0 fully saturated rings. The number of rotatable bonds is 7. The molecule has 0 amide bonds. The summed E-state index contributed by atoms with van der Waals surface area (Å²) >= 11 is 0. The molecular weight excluding hydrogens is 765 g/mol. The van der Waals surface area contributed by atoms with Gasteiger partial charge in [-0.05, 0) is 47.0 Å². The van der Waals surface area contributed by atoms with Gasteiger partial charge in [0.25, 0.3) is 0 Å². The Morgan fingerprint density at radius 3 is 1.51 bits per heavy atom. The van der Waals surface area contributed by atoms with Crippen molar-refractivity contribution in [1.82, 2.24) is 19.5 Å². The highest BCUT2D eigenvalue weighted by Crippen LogP contribution is 2.45. The number of pyridine rings is 1. The van der Waals surface area contributed by atoms with E-state index >= 15 is 0 Å². The maximum Gasteiger partial charge on any atom is 0.160 e. The van der Waals surface area contributed by atoms with E-state index < -0.39 is 0 Å². The lowest BCUT2D eigenvalue weighted by molar-refractivity contribution is 1.18. The van der Waals surface area contributed by atoms with Gasteiger partial charge in [0.2, 0.25) is 0 Å². The average Bonchev–Trinajstić information content (AvgIpc) is 3.72. The topological polar surface area (TPSA) is 43.6 Å². The minimum Gasteiger partial charge on any atom is -0.309 e. The zero-order chi connectivity index (χ0) is 41.7. The van der Waals surface area contributed by atoms with E-state index in [1.54, 1.807) is 0 Å². The molecule has 0 aliphatic carbocycles. The van der Waals surface area contributed by atoms with Crippen LogP contribution in [0.3, 0.4) is 0 Å². The van der Waals surface area contributed by atoms with E-state index in [4.69, 9.17) is 15.0 Å². The van der Waals surface area contributed by atoms with Crippen molar-refractivity contribution in [1.29, 1.82) is 0 Å². The van der Waals surface area contributed by atoms with Crippen LogP contribution in [0.2, 0.25) is 0 Å². The van der Waals surface area contributed by atoms with Crippen LogP contribution in [-0.4, -0.2) is 19.5 Å². The molecule has 0 saturated heterocycles. The van der Waals surface area contributed by atoms with Gasteiger partial charge < -0.3 is 4.57 Å². The largest absolute Gasteiger partial charge is 0.309 e. The molecule has 0 unspecified atom stereocenters. The highest BCUT2D eigenvalue weighted by atomic mass is 15.0. The fourth-order valence-corrected chi connectivity index (χ4v) is 9.24. The van der Waals surface area contributed by atoms with E-state index in [2.05, 4.69) is 211 Å². The van der Waals surface area contributed by atoms with E-state index in [1.807, 2.05) is 24.3 Å². The van der Waals surface area contributed by atoms with Gasteiger partial charge in [-0.25, -0.2) is 15.0 Å². The molecule has 0 atom stereocenters. The second kappa shape index (κ2) is 15.2. The maximum atomic E-state index is 5.27. The number of hydrogen-bond donors (Lipinski definition) is 0. The predicted octanol–water partition coefficient (Wildman–Crippen LogP) is 15.3. The highest BCUT2D eigenvalue weighted by Gasteiger charge is 2.22. The summed E-state index contributed by atoms with van der Waals surface area (Å²) in [6, 6.07) is 81.5. The second-order valence-electron chi connectivity index (χ2n) is 15.9. The molecule has 294 valence electrons. The minimum atomic E-state index is 0.696. The van der Waals surface area contributed by atoms with Crippen LogP contribution in [0.25, 0.3) is 117 Å². The van der Waals surface area contributed by atoms with E-state index in [1.165, 1.54) is 27.3 Å². The Hall–Kier alpha value is -8.47. The molecule has 3 heterocycles. The summed E-state index contributed by atoms with van der Waals surface area (Å²) in [7, 11) is 0. The molecule has 12 rings (SSSR count). The number of benzene rings is 9. The van der Waals surface area contributed by atoms with Crippen LogP contribution in [0.5, 0.6) is 0 Å². The Morgan fingerprint density at radius 1 is 0.317 bits per heavy atom. The van der Waals surface area contributed by atoms with Crippen LogP contribution in [-0.2, 0) is 0 Å². The maximum absolute atomic E-state index is 5.27. The van der Waals surface area contributed by atoms with Crippen molar-refractivity contribution in [3.63, 3.8) is 0 Å². The summed E-state index contributed by atoms with van der Waals surface area (Å²) in [6.07, 6.45) is 0. The number of hydrogen-bond acceptors (Lipinski definition) is 3. The molecule has 4 heteroatoms. The van der Waals surface area contributed by atoms with Crippen molar-refractivity contribution in [2.45, 2.75) is 0 Å². The van der Waals surface area contributed by atoms with Crippen LogP contribution in [0.1, 0.15) is 0 Å². The molecule has 0 N–H and O–H groups in total. The summed E-state index contributed by atoms with van der Waals surface area (Å²) in [4.78, 5) is 15.5. The zero-order valence-corrected chi connectivity index (χ0v) is 34.2. The molecule has 0 radical (unpaired) electrons. The normalized spacial score (nSPS) is 11.5. The molecule has 4 nitrogen and oxygen atoms in total. The Bertz CT molecular complexity index is 3620. The first-order chi connectivity index (χ1) is 31.2. The molecule has 0 spiro atoms. The van der Waals surface area contributed by atoms with Gasteiger partial charge in [-0.2, -0.15) is 0 Å². The molecule has 0 aliphatic rings. The van der Waals surface area contributed by atoms with Crippen molar-refractivity contribution in [2.75, 3.05) is 0 Å². The first-order valence-electron chi connectivity index (χ1n) is 21.4. The van der Waals surface area contributed by atoms with Crippen LogP contribution >= 0.6 is 0 Å². The molecule has 12 aromatic rings. The van der Waals surface area contributed by atoms with Gasteiger partial charge >= 0.3 is 0 Å². The first kappa shape index (κ1) is 36.4. The summed E-state index contributed by atoms with van der Waals surface area (Å²) in [5.41, 5.74) is 15.9. The number of fused-ring (bicyclic) bond motifs is 7. The third kappa shape index (κ3) is 6.36. The molecule has 0 aliphatic heterocycles. The number of para-hydroxylation sites is 3. The highest BCUT2D eigenvalue weighted by molar-refractivity contribution is 6.30. The zero-order valence-electron chi connectivity index (χ0n) is 34.2. The molecule has 3 aromatic heterocycles. The van der Waals surface area contributed by atoms with Gasteiger partial charge in [0, 0.05) is 60.4 Å². The fourth-order valence-electron chi connectivity index (χ4n) is 9.24. The van der Waals surface area contributed by atoms with Gasteiger partial charge in [-0.3, -0.25) is 0 Å². The summed E-state index contributed by atoms with van der Waals surface area (Å²) < 4.78 is 2.44. The first-order valence-corrected chi connectivity index (χ1v) is 21.4. The lowest BCUT2D eigenvalue weighted by Gasteiger charge is -2.13. The second-order valence-corrected chi connectivity index (χ2v) is 15.9. The Balaban J connectivity index is 1.03. The van der Waals surface area contributed by atoms with Gasteiger partial charge in [0.15, 0.2) is 5.82 Å². The van der Waals surface area contributed by atoms with Gasteiger partial charge in [0.05, 0.1) is 33.6 Å². The molecule has 63 heavy (non-hydrogen) atoms. The fraction of sp³-hybridized carbons (Fsp3) is 0.